The van der Waals surface area contributed by atoms with Gasteiger partial charge in [0.15, 0.2) is 0 Å². The van der Waals surface area contributed by atoms with Crippen LogP contribution in [0.2, 0.25) is 0 Å². The summed E-state index contributed by atoms with van der Waals surface area (Å²) in [5.41, 5.74) is 1.27. The SMILES string of the molecule is C=C(C)CN1CCNC(CC)C1. The van der Waals surface area contributed by atoms with Crippen LogP contribution in [0, 0.1) is 0 Å². The Balaban J connectivity index is 2.30. The van der Waals surface area contributed by atoms with Crippen LogP contribution in [0.25, 0.3) is 0 Å². The van der Waals surface area contributed by atoms with E-state index in [9.17, 15) is 0 Å². The number of nitrogens with zero attached hydrogens (tertiary/aromatic N) is 1. The summed E-state index contributed by atoms with van der Waals surface area (Å²) in [7, 11) is 0. The lowest BCUT2D eigenvalue weighted by molar-refractivity contribution is 0.211. The second kappa shape index (κ2) is 4.63. The van der Waals surface area contributed by atoms with E-state index < -0.39 is 0 Å². The first kappa shape index (κ1) is 9.75. The molecule has 12 heavy (non-hydrogen) atoms. The molecule has 2 nitrogen and oxygen atoms in total. The van der Waals surface area contributed by atoms with Crippen LogP contribution in [0.1, 0.15) is 20.3 Å². The molecule has 70 valence electrons. The van der Waals surface area contributed by atoms with Gasteiger partial charge in [0.25, 0.3) is 0 Å². The number of piperazine rings is 1. The van der Waals surface area contributed by atoms with Crippen molar-refractivity contribution >= 4 is 0 Å². The number of nitrogens with one attached hydrogen (secondary N) is 1. The Labute approximate surface area is 75.6 Å². The molecule has 1 rings (SSSR count). The maximum Gasteiger partial charge on any atom is 0.0193 e. The molecule has 1 atom stereocenters. The molecular formula is C10H20N2. The van der Waals surface area contributed by atoms with Gasteiger partial charge in [-0.1, -0.05) is 19.1 Å². The van der Waals surface area contributed by atoms with Gasteiger partial charge < -0.3 is 5.32 Å². The molecule has 1 aliphatic rings. The standard InChI is InChI=1S/C10H20N2/c1-4-10-8-12(6-5-11-10)7-9(2)3/h10-11H,2,4-8H2,1,3H3. The van der Waals surface area contributed by atoms with E-state index in [1.54, 1.807) is 0 Å². The van der Waals surface area contributed by atoms with Crippen molar-refractivity contribution in [2.24, 2.45) is 0 Å². The number of hydrogen-bond acceptors (Lipinski definition) is 2. The highest BCUT2D eigenvalue weighted by molar-refractivity contribution is 4.93. The van der Waals surface area contributed by atoms with E-state index in [0.29, 0.717) is 6.04 Å². The normalized spacial score (nSPS) is 25.7. The molecule has 0 spiro atoms. The van der Waals surface area contributed by atoms with Crippen LogP contribution >= 0.6 is 0 Å². The predicted octanol–water partition coefficient (Wildman–Crippen LogP) is 1.25. The van der Waals surface area contributed by atoms with Crippen molar-refractivity contribution < 1.29 is 0 Å². The minimum atomic E-state index is 0.693. The summed E-state index contributed by atoms with van der Waals surface area (Å²) < 4.78 is 0. The van der Waals surface area contributed by atoms with Crippen molar-refractivity contribution in [3.63, 3.8) is 0 Å². The fraction of sp³-hybridized carbons (Fsp3) is 0.800. The van der Waals surface area contributed by atoms with Gasteiger partial charge in [-0.3, -0.25) is 4.90 Å². The third-order valence-corrected chi connectivity index (χ3v) is 2.33. The second-order valence-electron chi connectivity index (χ2n) is 3.75. The predicted molar refractivity (Wildman–Crippen MR) is 53.3 cm³/mol. The summed E-state index contributed by atoms with van der Waals surface area (Å²) in [5, 5.41) is 3.50. The van der Waals surface area contributed by atoms with Crippen molar-refractivity contribution in [3.05, 3.63) is 12.2 Å². The van der Waals surface area contributed by atoms with Crippen LogP contribution in [0.4, 0.5) is 0 Å². The largest absolute Gasteiger partial charge is 0.311 e. The van der Waals surface area contributed by atoms with E-state index >= 15 is 0 Å². The number of hydrogen-bond donors (Lipinski definition) is 1. The highest BCUT2D eigenvalue weighted by Crippen LogP contribution is 2.04. The Morgan fingerprint density at radius 2 is 2.42 bits per heavy atom. The Morgan fingerprint density at radius 3 is 3.00 bits per heavy atom. The number of rotatable bonds is 3. The molecule has 0 amide bonds. The van der Waals surface area contributed by atoms with Crippen LogP contribution in [-0.4, -0.2) is 37.1 Å². The van der Waals surface area contributed by atoms with Crippen molar-refractivity contribution in [3.8, 4) is 0 Å². The van der Waals surface area contributed by atoms with Crippen molar-refractivity contribution in [1.82, 2.24) is 10.2 Å². The first-order chi connectivity index (χ1) is 5.72. The summed E-state index contributed by atoms with van der Waals surface area (Å²) >= 11 is 0. The molecule has 1 unspecified atom stereocenters. The van der Waals surface area contributed by atoms with Crippen molar-refractivity contribution in [1.29, 1.82) is 0 Å². The molecule has 0 radical (unpaired) electrons. The molecule has 0 aliphatic carbocycles. The Bertz CT molecular complexity index is 154. The minimum absolute atomic E-state index is 0.693. The Hall–Kier alpha value is -0.340. The highest BCUT2D eigenvalue weighted by Gasteiger charge is 2.16. The summed E-state index contributed by atoms with van der Waals surface area (Å²) in [5.74, 6) is 0. The molecule has 2 heteroatoms. The molecule has 1 fully saturated rings. The van der Waals surface area contributed by atoms with Crippen LogP contribution in [0.5, 0.6) is 0 Å². The molecule has 0 aromatic carbocycles. The zero-order valence-electron chi connectivity index (χ0n) is 8.27. The summed E-state index contributed by atoms with van der Waals surface area (Å²) in [6, 6.07) is 0.693. The smallest absolute Gasteiger partial charge is 0.0193 e. The van der Waals surface area contributed by atoms with Gasteiger partial charge in [0.2, 0.25) is 0 Å². The minimum Gasteiger partial charge on any atom is -0.311 e. The molecule has 0 aromatic heterocycles. The molecule has 1 N–H and O–H groups in total. The topological polar surface area (TPSA) is 15.3 Å². The fourth-order valence-electron chi connectivity index (χ4n) is 1.69. The van der Waals surface area contributed by atoms with E-state index in [4.69, 9.17) is 0 Å². The molecule has 0 bridgehead atoms. The van der Waals surface area contributed by atoms with Crippen LogP contribution in [-0.2, 0) is 0 Å². The maximum absolute atomic E-state index is 3.94. The first-order valence-corrected chi connectivity index (χ1v) is 4.82. The average molecular weight is 168 g/mol. The Morgan fingerprint density at radius 1 is 1.67 bits per heavy atom. The highest BCUT2D eigenvalue weighted by atomic mass is 15.2. The van der Waals surface area contributed by atoms with Gasteiger partial charge in [-0.15, -0.1) is 0 Å². The summed E-state index contributed by atoms with van der Waals surface area (Å²) in [4.78, 5) is 2.48. The van der Waals surface area contributed by atoms with E-state index in [0.717, 1.165) is 13.1 Å². The van der Waals surface area contributed by atoms with Crippen LogP contribution in [0.15, 0.2) is 12.2 Å². The third-order valence-electron chi connectivity index (χ3n) is 2.33. The second-order valence-corrected chi connectivity index (χ2v) is 3.75. The van der Waals surface area contributed by atoms with Gasteiger partial charge >= 0.3 is 0 Å². The van der Waals surface area contributed by atoms with Gasteiger partial charge in [-0.25, -0.2) is 0 Å². The van der Waals surface area contributed by atoms with Gasteiger partial charge in [0.1, 0.15) is 0 Å². The maximum atomic E-state index is 3.94. The van der Waals surface area contributed by atoms with Gasteiger partial charge in [-0.05, 0) is 13.3 Å². The first-order valence-electron chi connectivity index (χ1n) is 4.82. The molecule has 0 aromatic rings. The van der Waals surface area contributed by atoms with E-state index in [-0.39, 0.29) is 0 Å². The molecule has 1 aliphatic heterocycles. The van der Waals surface area contributed by atoms with Gasteiger partial charge in [0.05, 0.1) is 0 Å². The zero-order valence-corrected chi connectivity index (χ0v) is 8.27. The average Bonchev–Trinajstić information content (AvgIpc) is 2.03. The van der Waals surface area contributed by atoms with Crippen LogP contribution < -0.4 is 5.32 Å². The molecular weight excluding hydrogens is 148 g/mol. The fourth-order valence-corrected chi connectivity index (χ4v) is 1.69. The molecule has 1 heterocycles. The van der Waals surface area contributed by atoms with Crippen LogP contribution in [0.3, 0.4) is 0 Å². The van der Waals surface area contributed by atoms with Crippen molar-refractivity contribution in [2.75, 3.05) is 26.2 Å². The quantitative estimate of drug-likeness (QED) is 0.638. The lowest BCUT2D eigenvalue weighted by Crippen LogP contribution is -2.50. The lowest BCUT2D eigenvalue weighted by Gasteiger charge is -2.33. The lowest BCUT2D eigenvalue weighted by atomic mass is 10.1. The third kappa shape index (κ3) is 2.95. The monoisotopic (exact) mass is 168 g/mol. The molecule has 0 saturated carbocycles. The van der Waals surface area contributed by atoms with E-state index in [2.05, 4.69) is 30.6 Å². The Kier molecular flexibility index (Phi) is 3.76. The summed E-state index contributed by atoms with van der Waals surface area (Å²) in [6.45, 7) is 12.8. The molecule has 1 saturated heterocycles. The van der Waals surface area contributed by atoms with Gasteiger partial charge in [-0.2, -0.15) is 0 Å². The summed E-state index contributed by atoms with van der Waals surface area (Å²) in [6.07, 6.45) is 1.23. The van der Waals surface area contributed by atoms with E-state index in [1.165, 1.54) is 25.1 Å². The van der Waals surface area contributed by atoms with Gasteiger partial charge in [0, 0.05) is 32.2 Å². The van der Waals surface area contributed by atoms with E-state index in [1.807, 2.05) is 0 Å². The van der Waals surface area contributed by atoms with Crippen molar-refractivity contribution in [2.45, 2.75) is 26.3 Å². The zero-order chi connectivity index (χ0) is 8.97.